The number of hydrogen-bond acceptors (Lipinski definition) is 3. The van der Waals surface area contributed by atoms with E-state index in [9.17, 15) is 9.18 Å². The lowest BCUT2D eigenvalue weighted by Gasteiger charge is -2.05. The summed E-state index contributed by atoms with van der Waals surface area (Å²) in [6.45, 7) is 0.345. The Labute approximate surface area is 114 Å². The van der Waals surface area contributed by atoms with Gasteiger partial charge in [-0.1, -0.05) is 12.1 Å². The molecule has 96 valence electrons. The van der Waals surface area contributed by atoms with E-state index in [1.54, 1.807) is 23.7 Å². The van der Waals surface area contributed by atoms with E-state index in [-0.39, 0.29) is 24.3 Å². The maximum Gasteiger partial charge on any atom is 0.321 e. The molecule has 0 saturated heterocycles. The number of halogens is 2. The van der Waals surface area contributed by atoms with Crippen LogP contribution in [0.2, 0.25) is 0 Å². The van der Waals surface area contributed by atoms with Gasteiger partial charge in [-0.25, -0.2) is 14.2 Å². The highest BCUT2D eigenvalue weighted by atomic mass is 35.5. The largest absolute Gasteiger partial charge is 0.334 e. The molecule has 0 unspecified atom stereocenters. The number of benzene rings is 1. The molecule has 0 spiro atoms. The Kier molecular flexibility index (Phi) is 5.54. The molecular weight excluding hydrogens is 277 g/mol. The Hall–Kier alpha value is -1.66. The molecule has 0 atom stereocenters. The highest BCUT2D eigenvalue weighted by Gasteiger charge is 2.02. The first-order valence-electron chi connectivity index (χ1n) is 4.93. The van der Waals surface area contributed by atoms with Gasteiger partial charge in [-0.15, -0.1) is 23.7 Å². The molecule has 7 heteroatoms. The van der Waals surface area contributed by atoms with E-state index in [2.05, 4.69) is 15.6 Å². The molecule has 1 aromatic carbocycles. The van der Waals surface area contributed by atoms with Crippen LogP contribution < -0.4 is 10.6 Å². The maximum atomic E-state index is 12.6. The minimum atomic E-state index is -0.329. The molecule has 1 aromatic heterocycles. The summed E-state index contributed by atoms with van der Waals surface area (Å²) in [4.78, 5) is 15.3. The number of amides is 2. The first-order chi connectivity index (χ1) is 8.24. The van der Waals surface area contributed by atoms with E-state index in [0.717, 1.165) is 5.56 Å². The van der Waals surface area contributed by atoms with Crippen molar-refractivity contribution in [2.45, 2.75) is 6.54 Å². The minimum absolute atomic E-state index is 0. The quantitative estimate of drug-likeness (QED) is 0.912. The molecule has 2 aromatic rings. The Morgan fingerprint density at radius 3 is 2.67 bits per heavy atom. The summed E-state index contributed by atoms with van der Waals surface area (Å²) in [6, 6.07) is 5.63. The van der Waals surface area contributed by atoms with E-state index in [1.165, 1.54) is 23.5 Å². The molecule has 0 fully saturated rings. The monoisotopic (exact) mass is 287 g/mol. The fourth-order valence-electron chi connectivity index (χ4n) is 1.21. The molecule has 1 heterocycles. The van der Waals surface area contributed by atoms with Gasteiger partial charge in [0.2, 0.25) is 0 Å². The minimum Gasteiger partial charge on any atom is -0.334 e. The average molecular weight is 288 g/mol. The van der Waals surface area contributed by atoms with Crippen molar-refractivity contribution in [2.24, 2.45) is 0 Å². The fraction of sp³-hybridized carbons (Fsp3) is 0.0909. The van der Waals surface area contributed by atoms with E-state index in [1.807, 2.05) is 0 Å². The molecule has 0 aliphatic carbocycles. The summed E-state index contributed by atoms with van der Waals surface area (Å²) in [5.74, 6) is -0.291. The van der Waals surface area contributed by atoms with Gasteiger partial charge in [0.05, 0.1) is 0 Å². The third-order valence-electron chi connectivity index (χ3n) is 2.02. The lowest BCUT2D eigenvalue weighted by atomic mass is 10.2. The highest BCUT2D eigenvalue weighted by molar-refractivity contribution is 7.13. The van der Waals surface area contributed by atoms with Gasteiger partial charge in [0, 0.05) is 18.1 Å². The predicted octanol–water partition coefficient (Wildman–Crippen LogP) is 3.03. The van der Waals surface area contributed by atoms with Gasteiger partial charge in [-0.2, -0.15) is 0 Å². The standard InChI is InChI=1S/C11H10FN3OS.ClH/c12-9-3-1-8(2-4-9)7-14-10(16)15-11-13-5-6-17-11;/h1-6H,7H2,(H2,13,14,15,16);1H. The topological polar surface area (TPSA) is 54.0 Å². The number of rotatable bonds is 3. The third-order valence-corrected chi connectivity index (χ3v) is 2.71. The van der Waals surface area contributed by atoms with E-state index in [0.29, 0.717) is 11.7 Å². The van der Waals surface area contributed by atoms with Gasteiger partial charge in [0.15, 0.2) is 5.13 Å². The number of carbonyl (C=O) groups excluding carboxylic acids is 1. The third kappa shape index (κ3) is 4.31. The number of anilines is 1. The SMILES string of the molecule is Cl.O=C(NCc1ccc(F)cc1)Nc1nccs1. The van der Waals surface area contributed by atoms with Gasteiger partial charge < -0.3 is 5.32 Å². The van der Waals surface area contributed by atoms with E-state index in [4.69, 9.17) is 0 Å². The van der Waals surface area contributed by atoms with Crippen LogP contribution in [0.5, 0.6) is 0 Å². The van der Waals surface area contributed by atoms with Gasteiger partial charge >= 0.3 is 6.03 Å². The van der Waals surface area contributed by atoms with Gasteiger partial charge in [-0.3, -0.25) is 5.32 Å². The second-order valence-corrected chi connectivity index (χ2v) is 4.17. The van der Waals surface area contributed by atoms with Crippen molar-refractivity contribution in [3.63, 3.8) is 0 Å². The summed E-state index contributed by atoms with van der Waals surface area (Å²) >= 11 is 1.34. The molecule has 2 rings (SSSR count). The van der Waals surface area contributed by atoms with Crippen molar-refractivity contribution in [3.05, 3.63) is 47.2 Å². The Morgan fingerprint density at radius 1 is 1.33 bits per heavy atom. The van der Waals surface area contributed by atoms with Crippen molar-refractivity contribution in [1.82, 2.24) is 10.3 Å². The Morgan fingerprint density at radius 2 is 2.06 bits per heavy atom. The Bertz CT molecular complexity index is 489. The summed E-state index contributed by atoms with van der Waals surface area (Å²) in [6.07, 6.45) is 1.61. The zero-order valence-electron chi connectivity index (χ0n) is 9.22. The van der Waals surface area contributed by atoms with Gasteiger partial charge in [0.25, 0.3) is 0 Å². The Balaban J connectivity index is 0.00000162. The number of thiazole rings is 1. The van der Waals surface area contributed by atoms with Crippen LogP contribution in [0.3, 0.4) is 0 Å². The molecule has 0 aliphatic rings. The van der Waals surface area contributed by atoms with Crippen LogP contribution >= 0.6 is 23.7 Å². The van der Waals surface area contributed by atoms with Crippen LogP contribution in [0.4, 0.5) is 14.3 Å². The number of carbonyl (C=O) groups is 1. The van der Waals surface area contributed by atoms with Crippen molar-refractivity contribution in [1.29, 1.82) is 0 Å². The molecule has 0 saturated carbocycles. The van der Waals surface area contributed by atoms with E-state index < -0.39 is 0 Å². The smallest absolute Gasteiger partial charge is 0.321 e. The number of aromatic nitrogens is 1. The lowest BCUT2D eigenvalue weighted by molar-refractivity contribution is 0.251. The van der Waals surface area contributed by atoms with Crippen molar-refractivity contribution >= 4 is 34.9 Å². The van der Waals surface area contributed by atoms with E-state index >= 15 is 0 Å². The molecule has 0 bridgehead atoms. The number of nitrogens with one attached hydrogen (secondary N) is 2. The summed E-state index contributed by atoms with van der Waals surface area (Å²) in [5, 5.41) is 7.55. The van der Waals surface area contributed by atoms with Crippen LogP contribution in [-0.2, 0) is 6.54 Å². The first kappa shape index (κ1) is 14.4. The van der Waals surface area contributed by atoms with Crippen LogP contribution in [0.25, 0.3) is 0 Å². The second kappa shape index (κ2) is 6.93. The van der Waals surface area contributed by atoms with Crippen molar-refractivity contribution in [3.8, 4) is 0 Å². The molecular formula is C11H11ClFN3OS. The van der Waals surface area contributed by atoms with Crippen LogP contribution in [0, 0.1) is 5.82 Å². The number of hydrogen-bond donors (Lipinski definition) is 2. The van der Waals surface area contributed by atoms with Crippen molar-refractivity contribution < 1.29 is 9.18 Å². The van der Waals surface area contributed by atoms with Gasteiger partial charge in [0.1, 0.15) is 5.82 Å². The summed E-state index contributed by atoms with van der Waals surface area (Å²) in [7, 11) is 0. The number of urea groups is 1. The predicted molar refractivity (Wildman–Crippen MR) is 71.6 cm³/mol. The molecule has 2 N–H and O–H groups in total. The van der Waals surface area contributed by atoms with Crippen LogP contribution in [0.15, 0.2) is 35.8 Å². The van der Waals surface area contributed by atoms with Gasteiger partial charge in [-0.05, 0) is 17.7 Å². The zero-order valence-corrected chi connectivity index (χ0v) is 10.9. The molecule has 2 amide bonds. The maximum absolute atomic E-state index is 12.6. The second-order valence-electron chi connectivity index (χ2n) is 3.27. The fourth-order valence-corrected chi connectivity index (χ4v) is 1.74. The summed E-state index contributed by atoms with van der Waals surface area (Å²) < 4.78 is 12.6. The molecule has 0 radical (unpaired) electrons. The number of nitrogens with zero attached hydrogens (tertiary/aromatic N) is 1. The first-order valence-corrected chi connectivity index (χ1v) is 5.81. The summed E-state index contributed by atoms with van der Waals surface area (Å²) in [5.41, 5.74) is 0.834. The normalized spacial score (nSPS) is 9.39. The lowest BCUT2D eigenvalue weighted by Crippen LogP contribution is -2.28. The van der Waals surface area contributed by atoms with Crippen molar-refractivity contribution in [2.75, 3.05) is 5.32 Å². The van der Waals surface area contributed by atoms with Crippen LogP contribution in [-0.4, -0.2) is 11.0 Å². The highest BCUT2D eigenvalue weighted by Crippen LogP contribution is 2.09. The average Bonchev–Trinajstić information content (AvgIpc) is 2.81. The zero-order chi connectivity index (χ0) is 12.1. The molecule has 0 aliphatic heterocycles. The molecule has 18 heavy (non-hydrogen) atoms. The van der Waals surface area contributed by atoms with Crippen LogP contribution in [0.1, 0.15) is 5.56 Å². The molecule has 4 nitrogen and oxygen atoms in total.